The molecule has 2 aromatic rings. The third-order valence-electron chi connectivity index (χ3n) is 4.84. The Bertz CT molecular complexity index is 850. The first-order valence-electron chi connectivity index (χ1n) is 10.3. The first-order valence-corrected chi connectivity index (χ1v) is 10.3. The van der Waals surface area contributed by atoms with Gasteiger partial charge in [-0.2, -0.15) is 0 Å². The zero-order valence-corrected chi connectivity index (χ0v) is 17.2. The number of benzene rings is 2. The van der Waals surface area contributed by atoms with E-state index in [1.54, 1.807) is 0 Å². The van der Waals surface area contributed by atoms with Crippen molar-refractivity contribution in [2.24, 2.45) is 4.99 Å². The quantitative estimate of drug-likeness (QED) is 0.474. The molecule has 0 radical (unpaired) electrons. The van der Waals surface area contributed by atoms with Crippen molar-refractivity contribution < 1.29 is 9.53 Å². The second-order valence-corrected chi connectivity index (χ2v) is 7.01. The van der Waals surface area contributed by atoms with Crippen LogP contribution in [0, 0.1) is 0 Å². The normalized spacial score (nSPS) is 16.0. The Morgan fingerprint density at radius 2 is 2.03 bits per heavy atom. The fraction of sp³-hybridized carbons (Fsp3) is 0.391. The van der Waals surface area contributed by atoms with Crippen LogP contribution in [-0.2, 0) is 11.2 Å². The number of nitrogens with zero attached hydrogens (tertiary/aromatic N) is 1. The molecule has 1 unspecified atom stereocenters. The number of ether oxygens (including phenoxy) is 1. The highest BCUT2D eigenvalue weighted by Gasteiger charge is 2.24. The lowest BCUT2D eigenvalue weighted by molar-refractivity contribution is -0.116. The number of anilines is 1. The van der Waals surface area contributed by atoms with Crippen LogP contribution in [0.2, 0.25) is 0 Å². The standard InChI is InChI=1S/C23H30N4O2/c1-3-24-23(25-13-12-17-8-7-9-19(14-17)29-4-2)26-16-18-15-22(28)27-21-11-6-5-10-20(18)21/h5-11,14,18H,3-4,12-13,15-16H2,1-2H3,(H,27,28)(H2,24,25,26). The number of hydrogen-bond acceptors (Lipinski definition) is 3. The molecule has 6 nitrogen and oxygen atoms in total. The summed E-state index contributed by atoms with van der Waals surface area (Å²) in [6, 6.07) is 16.1. The monoisotopic (exact) mass is 394 g/mol. The van der Waals surface area contributed by atoms with Crippen molar-refractivity contribution in [2.45, 2.75) is 32.6 Å². The number of guanidine groups is 1. The predicted molar refractivity (Wildman–Crippen MR) is 118 cm³/mol. The number of fused-ring (bicyclic) bond motifs is 1. The molecular weight excluding hydrogens is 364 g/mol. The van der Waals surface area contributed by atoms with Gasteiger partial charge in [-0.1, -0.05) is 30.3 Å². The van der Waals surface area contributed by atoms with Gasteiger partial charge < -0.3 is 20.7 Å². The largest absolute Gasteiger partial charge is 0.494 e. The fourth-order valence-corrected chi connectivity index (χ4v) is 3.49. The van der Waals surface area contributed by atoms with Gasteiger partial charge >= 0.3 is 0 Å². The predicted octanol–water partition coefficient (Wildman–Crippen LogP) is 3.31. The molecule has 1 heterocycles. The number of aliphatic imine (C=N–C) groups is 1. The van der Waals surface area contributed by atoms with E-state index < -0.39 is 0 Å². The summed E-state index contributed by atoms with van der Waals surface area (Å²) in [5, 5.41) is 9.62. The molecule has 154 valence electrons. The first-order chi connectivity index (χ1) is 14.2. The molecule has 6 heteroatoms. The third kappa shape index (κ3) is 5.98. The summed E-state index contributed by atoms with van der Waals surface area (Å²) in [5.41, 5.74) is 3.27. The van der Waals surface area contributed by atoms with Gasteiger partial charge in [-0.3, -0.25) is 9.79 Å². The SMILES string of the molecule is CCNC(=NCC1CC(=O)Nc2ccccc21)NCCc1cccc(OCC)c1. The van der Waals surface area contributed by atoms with Gasteiger partial charge in [-0.15, -0.1) is 0 Å². The Morgan fingerprint density at radius 3 is 2.86 bits per heavy atom. The number of nitrogens with one attached hydrogen (secondary N) is 3. The number of rotatable bonds is 8. The van der Waals surface area contributed by atoms with Crippen molar-refractivity contribution in [3.63, 3.8) is 0 Å². The molecule has 0 spiro atoms. The highest BCUT2D eigenvalue weighted by molar-refractivity contribution is 5.94. The molecule has 1 atom stereocenters. The Morgan fingerprint density at radius 1 is 1.17 bits per heavy atom. The molecule has 1 aliphatic heterocycles. The van der Waals surface area contributed by atoms with Gasteiger partial charge in [-0.25, -0.2) is 0 Å². The van der Waals surface area contributed by atoms with Crippen LogP contribution in [0.25, 0.3) is 0 Å². The molecule has 3 N–H and O–H groups in total. The molecule has 0 saturated carbocycles. The fourth-order valence-electron chi connectivity index (χ4n) is 3.49. The summed E-state index contributed by atoms with van der Waals surface area (Å²) in [6.07, 6.45) is 1.34. The maximum atomic E-state index is 12.0. The highest BCUT2D eigenvalue weighted by atomic mass is 16.5. The Hall–Kier alpha value is -3.02. The molecule has 1 amide bonds. The van der Waals surface area contributed by atoms with Gasteiger partial charge in [0.15, 0.2) is 5.96 Å². The van der Waals surface area contributed by atoms with E-state index in [1.807, 2.05) is 44.2 Å². The first kappa shape index (κ1) is 20.7. The molecule has 2 aromatic carbocycles. The minimum absolute atomic E-state index is 0.0519. The van der Waals surface area contributed by atoms with Crippen LogP contribution in [0.3, 0.4) is 0 Å². The minimum Gasteiger partial charge on any atom is -0.494 e. The molecule has 0 bridgehead atoms. The van der Waals surface area contributed by atoms with Gasteiger partial charge in [0.2, 0.25) is 5.91 Å². The summed E-state index contributed by atoms with van der Waals surface area (Å²) < 4.78 is 5.57. The van der Waals surface area contributed by atoms with E-state index in [2.05, 4.69) is 34.1 Å². The van der Waals surface area contributed by atoms with Crippen LogP contribution in [0.4, 0.5) is 5.69 Å². The Balaban J connectivity index is 1.59. The average Bonchev–Trinajstić information content (AvgIpc) is 2.72. The van der Waals surface area contributed by atoms with Crippen LogP contribution >= 0.6 is 0 Å². The van der Waals surface area contributed by atoms with Gasteiger partial charge in [0.25, 0.3) is 0 Å². The van der Waals surface area contributed by atoms with Crippen LogP contribution in [0.5, 0.6) is 5.75 Å². The lowest BCUT2D eigenvalue weighted by atomic mass is 9.91. The van der Waals surface area contributed by atoms with Crippen LogP contribution in [0.1, 0.15) is 37.3 Å². The second kappa shape index (κ2) is 10.5. The topological polar surface area (TPSA) is 74.8 Å². The zero-order chi connectivity index (χ0) is 20.5. The molecule has 0 aromatic heterocycles. The van der Waals surface area contributed by atoms with Crippen molar-refractivity contribution in [3.8, 4) is 5.75 Å². The van der Waals surface area contributed by atoms with E-state index >= 15 is 0 Å². The van der Waals surface area contributed by atoms with Crippen LogP contribution in [-0.4, -0.2) is 38.1 Å². The van der Waals surface area contributed by atoms with Crippen molar-refractivity contribution in [1.29, 1.82) is 0 Å². The average molecular weight is 395 g/mol. The van der Waals surface area contributed by atoms with E-state index in [9.17, 15) is 4.79 Å². The van der Waals surface area contributed by atoms with Gasteiger partial charge in [-0.05, 0) is 49.6 Å². The van der Waals surface area contributed by atoms with Crippen molar-refractivity contribution in [2.75, 3.05) is 31.6 Å². The van der Waals surface area contributed by atoms with Gasteiger partial charge in [0, 0.05) is 31.1 Å². The number of carbonyl (C=O) groups is 1. The number of hydrogen-bond donors (Lipinski definition) is 3. The van der Waals surface area contributed by atoms with Crippen molar-refractivity contribution in [3.05, 3.63) is 59.7 Å². The van der Waals surface area contributed by atoms with E-state index in [0.717, 1.165) is 42.5 Å². The van der Waals surface area contributed by atoms with Crippen LogP contribution < -0.4 is 20.7 Å². The van der Waals surface area contributed by atoms with Crippen LogP contribution in [0.15, 0.2) is 53.5 Å². The minimum atomic E-state index is 0.0519. The maximum absolute atomic E-state index is 12.0. The van der Waals surface area contributed by atoms with E-state index in [1.165, 1.54) is 5.56 Å². The zero-order valence-electron chi connectivity index (χ0n) is 17.2. The molecule has 0 fully saturated rings. The van der Waals surface area contributed by atoms with E-state index in [4.69, 9.17) is 9.73 Å². The number of para-hydroxylation sites is 1. The smallest absolute Gasteiger partial charge is 0.225 e. The molecule has 29 heavy (non-hydrogen) atoms. The van der Waals surface area contributed by atoms with Gasteiger partial charge in [0.05, 0.1) is 13.2 Å². The molecule has 3 rings (SSSR count). The molecule has 0 saturated heterocycles. The summed E-state index contributed by atoms with van der Waals surface area (Å²) in [4.78, 5) is 16.7. The number of carbonyl (C=O) groups excluding carboxylic acids is 1. The van der Waals surface area contributed by atoms with E-state index in [-0.39, 0.29) is 11.8 Å². The highest BCUT2D eigenvalue weighted by Crippen LogP contribution is 2.31. The maximum Gasteiger partial charge on any atom is 0.225 e. The summed E-state index contributed by atoms with van der Waals surface area (Å²) >= 11 is 0. The molecular formula is C23H30N4O2. The number of amides is 1. The third-order valence-corrected chi connectivity index (χ3v) is 4.84. The molecule has 1 aliphatic rings. The second-order valence-electron chi connectivity index (χ2n) is 7.01. The van der Waals surface area contributed by atoms with Crippen molar-refractivity contribution >= 4 is 17.6 Å². The Labute approximate surface area is 172 Å². The lowest BCUT2D eigenvalue weighted by Gasteiger charge is -2.24. The van der Waals surface area contributed by atoms with Crippen molar-refractivity contribution in [1.82, 2.24) is 10.6 Å². The lowest BCUT2D eigenvalue weighted by Crippen LogP contribution is -2.38. The summed E-state index contributed by atoms with van der Waals surface area (Å²) in [7, 11) is 0. The van der Waals surface area contributed by atoms with E-state index in [0.29, 0.717) is 19.6 Å². The molecule has 0 aliphatic carbocycles. The Kier molecular flexibility index (Phi) is 7.50. The summed E-state index contributed by atoms with van der Waals surface area (Å²) in [6.45, 7) is 6.82. The van der Waals surface area contributed by atoms with Gasteiger partial charge in [0.1, 0.15) is 5.75 Å². The summed E-state index contributed by atoms with van der Waals surface area (Å²) in [5.74, 6) is 1.83.